The third-order valence-electron chi connectivity index (χ3n) is 3.19. The van der Waals surface area contributed by atoms with Crippen molar-refractivity contribution in [1.29, 1.82) is 0 Å². The lowest BCUT2D eigenvalue weighted by Crippen LogP contribution is -2.32. The molecule has 1 unspecified atom stereocenters. The van der Waals surface area contributed by atoms with E-state index in [0.717, 1.165) is 37.2 Å². The minimum atomic E-state index is 0.119. The lowest BCUT2D eigenvalue weighted by molar-refractivity contribution is 0.319. The van der Waals surface area contributed by atoms with E-state index in [1.54, 1.807) is 13.3 Å². The molecule has 1 aliphatic heterocycles. The average molecular weight is 248 g/mol. The Labute approximate surface area is 105 Å². The number of rotatable bonds is 2. The quantitative estimate of drug-likeness (QED) is 0.840. The number of nitrogens with one attached hydrogen (secondary N) is 1. The summed E-state index contributed by atoms with van der Waals surface area (Å²) in [5, 5.41) is 3.30. The number of nitrogens with zero attached hydrogens (tertiary/aromatic N) is 3. The van der Waals surface area contributed by atoms with E-state index in [2.05, 4.69) is 20.3 Å². The minimum absolute atomic E-state index is 0.119. The van der Waals surface area contributed by atoms with Crippen molar-refractivity contribution in [2.45, 2.75) is 25.3 Å². The molecule has 1 atom stereocenters. The number of aryl methyl sites for hydroxylation is 1. The molecule has 2 aliphatic rings. The summed E-state index contributed by atoms with van der Waals surface area (Å²) in [4.78, 5) is 13.2. The van der Waals surface area contributed by atoms with E-state index in [0.29, 0.717) is 18.5 Å². The SMILES string of the molecule is COc1cnc2c(n1)C(NC1=NCCO1)CCC2. The molecule has 0 fully saturated rings. The first-order chi connectivity index (χ1) is 8.86. The van der Waals surface area contributed by atoms with Crippen LogP contribution in [0.25, 0.3) is 0 Å². The Kier molecular flexibility index (Phi) is 3.00. The smallest absolute Gasteiger partial charge is 0.285 e. The Bertz CT molecular complexity index is 475. The summed E-state index contributed by atoms with van der Waals surface area (Å²) < 4.78 is 10.5. The fraction of sp³-hybridized carbons (Fsp3) is 0.583. The Balaban J connectivity index is 1.85. The van der Waals surface area contributed by atoms with Crippen molar-refractivity contribution in [1.82, 2.24) is 15.3 Å². The first-order valence-electron chi connectivity index (χ1n) is 6.20. The number of amidine groups is 1. The third kappa shape index (κ3) is 2.10. The van der Waals surface area contributed by atoms with Crippen LogP contribution < -0.4 is 10.1 Å². The van der Waals surface area contributed by atoms with Gasteiger partial charge >= 0.3 is 0 Å². The van der Waals surface area contributed by atoms with Crippen LogP contribution in [0.1, 0.15) is 30.3 Å². The highest BCUT2D eigenvalue weighted by molar-refractivity contribution is 5.75. The number of aliphatic imine (C=N–C) groups is 1. The van der Waals surface area contributed by atoms with Gasteiger partial charge in [0, 0.05) is 0 Å². The maximum atomic E-state index is 5.39. The van der Waals surface area contributed by atoms with Gasteiger partial charge in [0.2, 0.25) is 5.88 Å². The lowest BCUT2D eigenvalue weighted by Gasteiger charge is -2.24. The number of methoxy groups -OCH3 is 1. The molecule has 1 N–H and O–H groups in total. The first-order valence-corrected chi connectivity index (χ1v) is 6.20. The molecule has 96 valence electrons. The van der Waals surface area contributed by atoms with Gasteiger partial charge in [-0.2, -0.15) is 0 Å². The van der Waals surface area contributed by atoms with Crippen molar-refractivity contribution in [2.24, 2.45) is 4.99 Å². The Hall–Kier alpha value is -1.85. The zero-order valence-corrected chi connectivity index (χ0v) is 10.3. The standard InChI is InChI=1S/C12H16N4O2/c1-17-10-7-14-8-3-2-4-9(11(8)16-10)15-12-13-5-6-18-12/h7,9H,2-6H2,1H3,(H,13,15). The summed E-state index contributed by atoms with van der Waals surface area (Å²) in [5.41, 5.74) is 2.00. The topological polar surface area (TPSA) is 68.6 Å². The molecule has 1 aliphatic carbocycles. The number of fused-ring (bicyclic) bond motifs is 1. The fourth-order valence-electron chi connectivity index (χ4n) is 2.30. The predicted octanol–water partition coefficient (Wildman–Crippen LogP) is 0.838. The molecular formula is C12H16N4O2. The Morgan fingerprint density at radius 1 is 1.50 bits per heavy atom. The fourth-order valence-corrected chi connectivity index (χ4v) is 2.30. The largest absolute Gasteiger partial charge is 0.480 e. The van der Waals surface area contributed by atoms with Crippen LogP contribution in [0.3, 0.4) is 0 Å². The predicted molar refractivity (Wildman–Crippen MR) is 65.7 cm³/mol. The van der Waals surface area contributed by atoms with Gasteiger partial charge in [-0.1, -0.05) is 0 Å². The molecule has 1 aromatic heterocycles. The highest BCUT2D eigenvalue weighted by Crippen LogP contribution is 2.28. The molecule has 0 aromatic carbocycles. The second kappa shape index (κ2) is 4.80. The second-order valence-electron chi connectivity index (χ2n) is 4.37. The van der Waals surface area contributed by atoms with Crippen molar-refractivity contribution in [3.63, 3.8) is 0 Å². The summed E-state index contributed by atoms with van der Waals surface area (Å²) in [6.45, 7) is 1.39. The van der Waals surface area contributed by atoms with Crippen LogP contribution in [0.2, 0.25) is 0 Å². The van der Waals surface area contributed by atoms with Crippen LogP contribution in [0, 0.1) is 0 Å². The molecular weight excluding hydrogens is 232 g/mol. The van der Waals surface area contributed by atoms with E-state index in [9.17, 15) is 0 Å². The zero-order valence-electron chi connectivity index (χ0n) is 10.3. The van der Waals surface area contributed by atoms with E-state index >= 15 is 0 Å². The molecule has 6 heteroatoms. The van der Waals surface area contributed by atoms with Crippen molar-refractivity contribution >= 4 is 6.02 Å². The lowest BCUT2D eigenvalue weighted by atomic mass is 9.95. The summed E-state index contributed by atoms with van der Waals surface area (Å²) in [6, 6.07) is 0.741. The molecule has 3 rings (SSSR count). The van der Waals surface area contributed by atoms with Crippen LogP contribution in [0.15, 0.2) is 11.2 Å². The van der Waals surface area contributed by atoms with Gasteiger partial charge in [-0.05, 0) is 19.3 Å². The van der Waals surface area contributed by atoms with Crippen molar-refractivity contribution in [2.75, 3.05) is 20.3 Å². The van der Waals surface area contributed by atoms with Crippen LogP contribution in [0.4, 0.5) is 0 Å². The summed E-state index contributed by atoms with van der Waals surface area (Å²) >= 11 is 0. The molecule has 2 heterocycles. The van der Waals surface area contributed by atoms with Gasteiger partial charge in [-0.15, -0.1) is 0 Å². The molecule has 0 bridgehead atoms. The Morgan fingerprint density at radius 2 is 2.44 bits per heavy atom. The van der Waals surface area contributed by atoms with Crippen molar-refractivity contribution in [3.05, 3.63) is 17.6 Å². The number of hydrogen-bond acceptors (Lipinski definition) is 6. The summed E-state index contributed by atoms with van der Waals surface area (Å²) in [6.07, 6.45) is 4.75. The van der Waals surface area contributed by atoms with Gasteiger partial charge in [-0.3, -0.25) is 4.98 Å². The highest BCUT2D eigenvalue weighted by Gasteiger charge is 2.25. The highest BCUT2D eigenvalue weighted by atomic mass is 16.5. The molecule has 0 amide bonds. The van der Waals surface area contributed by atoms with Crippen LogP contribution in [-0.4, -0.2) is 36.3 Å². The molecule has 1 aromatic rings. The van der Waals surface area contributed by atoms with Gasteiger partial charge in [-0.25, -0.2) is 9.98 Å². The third-order valence-corrected chi connectivity index (χ3v) is 3.19. The van der Waals surface area contributed by atoms with Crippen LogP contribution in [0.5, 0.6) is 5.88 Å². The number of ether oxygens (including phenoxy) is 2. The van der Waals surface area contributed by atoms with Gasteiger partial charge in [0.1, 0.15) is 6.61 Å². The van der Waals surface area contributed by atoms with Crippen LogP contribution in [-0.2, 0) is 11.2 Å². The Morgan fingerprint density at radius 3 is 3.22 bits per heavy atom. The van der Waals surface area contributed by atoms with Crippen molar-refractivity contribution < 1.29 is 9.47 Å². The number of hydrogen-bond donors (Lipinski definition) is 1. The van der Waals surface area contributed by atoms with E-state index in [-0.39, 0.29) is 6.04 Å². The zero-order chi connectivity index (χ0) is 12.4. The van der Waals surface area contributed by atoms with Gasteiger partial charge in [0.05, 0.1) is 37.3 Å². The normalized spacial score (nSPS) is 21.8. The van der Waals surface area contributed by atoms with Crippen LogP contribution >= 0.6 is 0 Å². The van der Waals surface area contributed by atoms with Gasteiger partial charge < -0.3 is 14.8 Å². The molecule has 0 saturated carbocycles. The van der Waals surface area contributed by atoms with E-state index in [4.69, 9.17) is 9.47 Å². The molecule has 18 heavy (non-hydrogen) atoms. The minimum Gasteiger partial charge on any atom is -0.480 e. The van der Waals surface area contributed by atoms with E-state index < -0.39 is 0 Å². The average Bonchev–Trinajstić information content (AvgIpc) is 2.91. The monoisotopic (exact) mass is 248 g/mol. The molecule has 0 saturated heterocycles. The van der Waals surface area contributed by atoms with E-state index in [1.165, 1.54) is 0 Å². The molecule has 0 spiro atoms. The molecule has 0 radical (unpaired) electrons. The first kappa shape index (κ1) is 11.3. The summed E-state index contributed by atoms with van der Waals surface area (Å²) in [7, 11) is 1.60. The van der Waals surface area contributed by atoms with Gasteiger partial charge in [0.25, 0.3) is 6.02 Å². The van der Waals surface area contributed by atoms with E-state index in [1.807, 2.05) is 0 Å². The van der Waals surface area contributed by atoms with Crippen molar-refractivity contribution in [3.8, 4) is 5.88 Å². The second-order valence-corrected chi connectivity index (χ2v) is 4.37. The maximum Gasteiger partial charge on any atom is 0.285 e. The van der Waals surface area contributed by atoms with Gasteiger partial charge in [0.15, 0.2) is 0 Å². The number of aromatic nitrogens is 2. The molecule has 6 nitrogen and oxygen atoms in total. The maximum absolute atomic E-state index is 5.39. The summed E-state index contributed by atoms with van der Waals surface area (Å²) in [5.74, 6) is 0.553.